The van der Waals surface area contributed by atoms with Crippen molar-refractivity contribution in [3.05, 3.63) is 70.3 Å². The zero-order valence-corrected chi connectivity index (χ0v) is 13.6. The van der Waals surface area contributed by atoms with Crippen LogP contribution in [0.15, 0.2) is 53.5 Å². The minimum atomic E-state index is -4.91. The topological polar surface area (TPSA) is 38.4 Å². The molecule has 0 aliphatic heterocycles. The first-order valence-corrected chi connectivity index (χ1v) is 7.40. The third-order valence-corrected chi connectivity index (χ3v) is 3.39. The van der Waals surface area contributed by atoms with Crippen molar-refractivity contribution in [3.8, 4) is 0 Å². The van der Waals surface area contributed by atoms with E-state index < -0.39 is 23.5 Å². The van der Waals surface area contributed by atoms with Crippen LogP contribution in [0.5, 0.6) is 0 Å². The van der Waals surface area contributed by atoms with Crippen molar-refractivity contribution in [3.63, 3.8) is 0 Å². The largest absolute Gasteiger partial charge is 0.416 e. The van der Waals surface area contributed by atoms with Gasteiger partial charge in [0.25, 0.3) is 0 Å². The number of rotatable bonds is 3. The number of aliphatic imine (C=N–C) groups is 1. The summed E-state index contributed by atoms with van der Waals surface area (Å²) in [5.74, 6) is -0.0988. The molecule has 2 aromatic rings. The summed E-state index contributed by atoms with van der Waals surface area (Å²) < 4.78 is 76.8. The predicted molar refractivity (Wildman–Crippen MR) is 88.2 cm³/mol. The van der Waals surface area contributed by atoms with Gasteiger partial charge in [0.15, 0.2) is 0 Å². The number of benzene rings is 2. The van der Waals surface area contributed by atoms with E-state index in [1.165, 1.54) is 0 Å². The summed E-state index contributed by atoms with van der Waals surface area (Å²) in [5, 5.41) is 0.474. The van der Waals surface area contributed by atoms with E-state index in [2.05, 4.69) is 4.99 Å². The van der Waals surface area contributed by atoms with E-state index in [9.17, 15) is 26.3 Å². The summed E-state index contributed by atoms with van der Waals surface area (Å²) in [7, 11) is 0. The van der Waals surface area contributed by atoms with Crippen molar-refractivity contribution in [2.45, 2.75) is 12.4 Å². The Morgan fingerprint density at radius 2 is 1.38 bits per heavy atom. The van der Waals surface area contributed by atoms with E-state index >= 15 is 0 Å². The number of nitrogens with two attached hydrogens (primary N) is 1. The molecule has 2 rings (SSSR count). The minimum Gasteiger partial charge on any atom is -0.384 e. The molecule has 0 spiro atoms. The molecule has 0 fully saturated rings. The van der Waals surface area contributed by atoms with Crippen molar-refractivity contribution >= 4 is 29.2 Å². The Bertz CT molecular complexity index is 804. The summed E-state index contributed by atoms with van der Waals surface area (Å²) in [4.78, 5) is 3.96. The smallest absolute Gasteiger partial charge is 0.384 e. The van der Waals surface area contributed by atoms with Crippen LogP contribution in [0.4, 0.5) is 32.0 Å². The van der Waals surface area contributed by atoms with Crippen LogP contribution in [0.25, 0.3) is 6.08 Å². The predicted octanol–water partition coefficient (Wildman–Crippen LogP) is 6.08. The summed E-state index contributed by atoms with van der Waals surface area (Å²) >= 11 is 5.72. The third-order valence-electron chi connectivity index (χ3n) is 3.14. The molecule has 2 aromatic carbocycles. The summed E-state index contributed by atoms with van der Waals surface area (Å²) in [6.45, 7) is 0. The van der Waals surface area contributed by atoms with Gasteiger partial charge in [-0.15, -0.1) is 0 Å². The van der Waals surface area contributed by atoms with Gasteiger partial charge in [0.1, 0.15) is 5.84 Å². The maximum Gasteiger partial charge on any atom is 0.416 e. The van der Waals surface area contributed by atoms with Crippen LogP contribution in [0, 0.1) is 0 Å². The van der Waals surface area contributed by atoms with Crippen molar-refractivity contribution in [1.29, 1.82) is 0 Å². The standard InChI is InChI=1S/C17H11ClF6N2/c18-13-2-4-14(5-3-13)26-15(25)6-1-10-7-11(16(19,20)21)9-12(8-10)17(22,23)24/h1-9H,(H2,25,26). The number of hydrogen-bond acceptors (Lipinski definition) is 1. The van der Waals surface area contributed by atoms with Crippen molar-refractivity contribution < 1.29 is 26.3 Å². The summed E-state index contributed by atoms with van der Waals surface area (Å²) in [5.41, 5.74) is 2.94. The average molecular weight is 393 g/mol. The van der Waals surface area contributed by atoms with Crippen LogP contribution in [-0.4, -0.2) is 5.84 Å². The molecule has 0 aromatic heterocycles. The lowest BCUT2D eigenvalue weighted by Gasteiger charge is -2.12. The average Bonchev–Trinajstić information content (AvgIpc) is 2.53. The lowest BCUT2D eigenvalue weighted by Crippen LogP contribution is -2.11. The van der Waals surface area contributed by atoms with Gasteiger partial charge in [-0.3, -0.25) is 0 Å². The second kappa shape index (κ2) is 7.41. The molecule has 0 saturated carbocycles. The van der Waals surface area contributed by atoms with Crippen LogP contribution < -0.4 is 5.73 Å². The van der Waals surface area contributed by atoms with Gasteiger partial charge in [-0.25, -0.2) is 4.99 Å². The summed E-state index contributed by atoms with van der Waals surface area (Å²) in [6.07, 6.45) is -7.68. The molecule has 2 nitrogen and oxygen atoms in total. The monoisotopic (exact) mass is 392 g/mol. The van der Waals surface area contributed by atoms with Crippen molar-refractivity contribution in [2.75, 3.05) is 0 Å². The molecular formula is C17H11ClF6N2. The molecule has 26 heavy (non-hydrogen) atoms. The fourth-order valence-electron chi connectivity index (χ4n) is 1.96. The molecule has 0 amide bonds. The molecule has 0 atom stereocenters. The normalized spacial score (nSPS) is 13.4. The number of hydrogen-bond donors (Lipinski definition) is 1. The minimum absolute atomic E-state index is 0.0580. The second-order valence-corrected chi connectivity index (χ2v) is 5.62. The second-order valence-electron chi connectivity index (χ2n) is 5.19. The molecule has 2 N–H and O–H groups in total. The molecule has 0 unspecified atom stereocenters. The first-order chi connectivity index (χ1) is 11.9. The molecular weight excluding hydrogens is 382 g/mol. The Morgan fingerprint density at radius 1 is 0.885 bits per heavy atom. The number of amidine groups is 1. The molecule has 0 aliphatic carbocycles. The highest BCUT2D eigenvalue weighted by Gasteiger charge is 2.36. The van der Waals surface area contributed by atoms with E-state index in [0.717, 1.165) is 12.2 Å². The Labute approximate surface area is 149 Å². The van der Waals surface area contributed by atoms with Gasteiger partial charge >= 0.3 is 12.4 Å². The highest BCUT2D eigenvalue weighted by Crippen LogP contribution is 2.36. The van der Waals surface area contributed by atoms with Gasteiger partial charge in [-0.1, -0.05) is 17.7 Å². The number of nitrogens with zero attached hydrogens (tertiary/aromatic N) is 1. The molecule has 0 radical (unpaired) electrons. The first kappa shape index (κ1) is 19.8. The Hall–Kier alpha value is -2.48. The lowest BCUT2D eigenvalue weighted by atomic mass is 10.0. The maximum atomic E-state index is 12.8. The van der Waals surface area contributed by atoms with Gasteiger partial charge in [0, 0.05) is 5.02 Å². The highest BCUT2D eigenvalue weighted by molar-refractivity contribution is 6.30. The first-order valence-electron chi connectivity index (χ1n) is 7.02. The quantitative estimate of drug-likeness (QED) is 0.384. The van der Waals surface area contributed by atoms with Gasteiger partial charge < -0.3 is 5.73 Å². The maximum absolute atomic E-state index is 12.8. The van der Waals surface area contributed by atoms with Crippen LogP contribution >= 0.6 is 11.6 Å². The zero-order chi connectivity index (χ0) is 19.5. The molecule has 0 saturated heterocycles. The molecule has 9 heteroatoms. The molecule has 0 aliphatic rings. The van der Waals surface area contributed by atoms with Gasteiger partial charge in [-0.2, -0.15) is 26.3 Å². The van der Waals surface area contributed by atoms with Gasteiger partial charge in [0.2, 0.25) is 0 Å². The van der Waals surface area contributed by atoms with E-state index in [1.807, 2.05) is 0 Å². The lowest BCUT2D eigenvalue weighted by molar-refractivity contribution is -0.143. The fourth-order valence-corrected chi connectivity index (χ4v) is 2.08. The molecule has 0 heterocycles. The zero-order valence-electron chi connectivity index (χ0n) is 12.9. The third kappa shape index (κ3) is 5.52. The summed E-state index contributed by atoms with van der Waals surface area (Å²) in [6, 6.07) is 7.47. The van der Waals surface area contributed by atoms with Crippen molar-refractivity contribution in [1.82, 2.24) is 0 Å². The van der Waals surface area contributed by atoms with Crippen LogP contribution in [-0.2, 0) is 12.4 Å². The van der Waals surface area contributed by atoms with Crippen LogP contribution in [0.2, 0.25) is 5.02 Å². The van der Waals surface area contributed by atoms with E-state index in [-0.39, 0.29) is 17.5 Å². The Kier molecular flexibility index (Phi) is 5.65. The van der Waals surface area contributed by atoms with Crippen LogP contribution in [0.3, 0.4) is 0 Å². The Morgan fingerprint density at radius 3 is 1.85 bits per heavy atom. The number of halogens is 7. The highest BCUT2D eigenvalue weighted by atomic mass is 35.5. The van der Waals surface area contributed by atoms with Gasteiger partial charge in [-0.05, 0) is 54.1 Å². The Balaban J connectivity index is 2.35. The van der Waals surface area contributed by atoms with Gasteiger partial charge in [0.05, 0.1) is 16.8 Å². The van der Waals surface area contributed by atoms with Crippen LogP contribution in [0.1, 0.15) is 16.7 Å². The van der Waals surface area contributed by atoms with E-state index in [0.29, 0.717) is 22.8 Å². The van der Waals surface area contributed by atoms with E-state index in [1.54, 1.807) is 24.3 Å². The number of alkyl halides is 6. The molecule has 138 valence electrons. The molecule has 0 bridgehead atoms. The van der Waals surface area contributed by atoms with E-state index in [4.69, 9.17) is 17.3 Å². The SMILES string of the molecule is NC(C=Cc1cc(C(F)(F)F)cc(C(F)(F)F)c1)=Nc1ccc(Cl)cc1. The van der Waals surface area contributed by atoms with Crippen molar-refractivity contribution in [2.24, 2.45) is 10.7 Å². The fraction of sp³-hybridized carbons (Fsp3) is 0.118.